The van der Waals surface area contributed by atoms with Crippen molar-refractivity contribution in [2.75, 3.05) is 32.7 Å². The minimum atomic E-state index is -1.17. The lowest BCUT2D eigenvalue weighted by atomic mass is 9.76. The lowest BCUT2D eigenvalue weighted by Gasteiger charge is -2.47. The van der Waals surface area contributed by atoms with Crippen LogP contribution in [0.25, 0.3) is 0 Å². The standard InChI is InChI=1S/C30H34N2O/c1-2-3-4-14-21-31-22-24-32(25-23-31)29(26-15-8-5-9-16-26)30(33,27-17-10-6-11-18-27)28-19-12-7-13-20-28/h1,5-13,15-20,29,33H,3-4,14,21-25H2/t29-/m1/s1. The van der Waals surface area contributed by atoms with Gasteiger partial charge >= 0.3 is 0 Å². The van der Waals surface area contributed by atoms with Gasteiger partial charge in [-0.3, -0.25) is 4.90 Å². The highest BCUT2D eigenvalue weighted by Gasteiger charge is 2.44. The van der Waals surface area contributed by atoms with Crippen LogP contribution in [-0.4, -0.2) is 47.6 Å². The molecule has 1 saturated heterocycles. The van der Waals surface area contributed by atoms with Gasteiger partial charge in [0.15, 0.2) is 0 Å². The molecule has 3 nitrogen and oxygen atoms in total. The number of rotatable bonds is 9. The Hall–Kier alpha value is -2.90. The van der Waals surface area contributed by atoms with E-state index >= 15 is 0 Å². The monoisotopic (exact) mass is 438 g/mol. The van der Waals surface area contributed by atoms with E-state index in [1.165, 1.54) is 0 Å². The Morgan fingerprint density at radius 1 is 0.758 bits per heavy atom. The summed E-state index contributed by atoms with van der Waals surface area (Å²) in [5, 5.41) is 12.6. The van der Waals surface area contributed by atoms with E-state index in [9.17, 15) is 5.11 Å². The number of terminal acetylenes is 1. The van der Waals surface area contributed by atoms with Crippen LogP contribution in [0.1, 0.15) is 42.0 Å². The van der Waals surface area contributed by atoms with Crippen molar-refractivity contribution in [1.82, 2.24) is 9.80 Å². The first-order valence-electron chi connectivity index (χ1n) is 12.0. The van der Waals surface area contributed by atoms with Crippen LogP contribution in [0.3, 0.4) is 0 Å². The van der Waals surface area contributed by atoms with Crippen LogP contribution in [0.5, 0.6) is 0 Å². The maximum absolute atomic E-state index is 12.6. The summed E-state index contributed by atoms with van der Waals surface area (Å²) in [5.74, 6) is 2.74. The van der Waals surface area contributed by atoms with Crippen molar-refractivity contribution in [1.29, 1.82) is 0 Å². The Bertz CT molecular complexity index is 966. The average Bonchev–Trinajstić information content (AvgIpc) is 2.89. The van der Waals surface area contributed by atoms with Crippen LogP contribution < -0.4 is 0 Å². The summed E-state index contributed by atoms with van der Waals surface area (Å²) in [5.41, 5.74) is 1.80. The summed E-state index contributed by atoms with van der Waals surface area (Å²) < 4.78 is 0. The maximum Gasteiger partial charge on any atom is 0.134 e. The van der Waals surface area contributed by atoms with Crippen molar-refractivity contribution >= 4 is 0 Å². The number of piperazine rings is 1. The van der Waals surface area contributed by atoms with Gasteiger partial charge in [-0.2, -0.15) is 0 Å². The van der Waals surface area contributed by atoms with Crippen molar-refractivity contribution < 1.29 is 5.11 Å². The molecule has 0 aliphatic carbocycles. The van der Waals surface area contributed by atoms with Crippen molar-refractivity contribution in [3.05, 3.63) is 108 Å². The number of hydrogen-bond donors (Lipinski definition) is 1. The van der Waals surface area contributed by atoms with E-state index in [1.807, 2.05) is 66.7 Å². The molecule has 0 unspecified atom stereocenters. The zero-order chi connectivity index (χ0) is 22.9. The van der Waals surface area contributed by atoms with Gasteiger partial charge in [-0.1, -0.05) is 91.0 Å². The number of hydrogen-bond acceptors (Lipinski definition) is 3. The summed E-state index contributed by atoms with van der Waals surface area (Å²) in [7, 11) is 0. The fourth-order valence-electron chi connectivity index (χ4n) is 5.03. The van der Waals surface area contributed by atoms with E-state index in [2.05, 4.69) is 40.0 Å². The van der Waals surface area contributed by atoms with Gasteiger partial charge in [0.25, 0.3) is 0 Å². The molecule has 0 spiro atoms. The highest BCUT2D eigenvalue weighted by atomic mass is 16.3. The van der Waals surface area contributed by atoms with E-state index in [0.717, 1.165) is 68.7 Å². The molecule has 3 aromatic carbocycles. The van der Waals surface area contributed by atoms with Crippen LogP contribution in [0, 0.1) is 12.3 Å². The van der Waals surface area contributed by atoms with E-state index < -0.39 is 5.60 Å². The van der Waals surface area contributed by atoms with E-state index in [4.69, 9.17) is 6.42 Å². The van der Waals surface area contributed by atoms with Gasteiger partial charge in [0.05, 0.1) is 6.04 Å². The first-order valence-corrected chi connectivity index (χ1v) is 12.0. The highest BCUT2D eigenvalue weighted by molar-refractivity contribution is 5.41. The second-order valence-corrected chi connectivity index (χ2v) is 8.85. The third-order valence-corrected chi connectivity index (χ3v) is 6.76. The largest absolute Gasteiger partial charge is 0.378 e. The van der Waals surface area contributed by atoms with E-state index in [1.54, 1.807) is 0 Å². The molecule has 1 aliphatic rings. The lowest BCUT2D eigenvalue weighted by molar-refractivity contribution is -0.0397. The zero-order valence-electron chi connectivity index (χ0n) is 19.3. The quantitative estimate of drug-likeness (QED) is 0.373. The third kappa shape index (κ3) is 5.37. The number of unbranched alkanes of at least 4 members (excludes halogenated alkanes) is 2. The predicted octanol–water partition coefficient (Wildman–Crippen LogP) is 5.08. The van der Waals surface area contributed by atoms with Crippen LogP contribution >= 0.6 is 0 Å². The Morgan fingerprint density at radius 3 is 1.79 bits per heavy atom. The fourth-order valence-corrected chi connectivity index (χ4v) is 5.03. The molecular formula is C30H34N2O. The molecule has 1 aliphatic heterocycles. The molecule has 33 heavy (non-hydrogen) atoms. The molecule has 1 heterocycles. The minimum Gasteiger partial charge on any atom is -0.378 e. The molecule has 4 rings (SSSR count). The zero-order valence-corrected chi connectivity index (χ0v) is 19.3. The van der Waals surface area contributed by atoms with Crippen molar-refractivity contribution in [3.63, 3.8) is 0 Å². The molecule has 3 aromatic rings. The minimum absolute atomic E-state index is 0.188. The van der Waals surface area contributed by atoms with Gasteiger partial charge in [0, 0.05) is 32.6 Å². The summed E-state index contributed by atoms with van der Waals surface area (Å²) in [4.78, 5) is 4.99. The molecule has 3 heteroatoms. The smallest absolute Gasteiger partial charge is 0.134 e. The van der Waals surface area contributed by atoms with Crippen LogP contribution in [0.15, 0.2) is 91.0 Å². The summed E-state index contributed by atoms with van der Waals surface area (Å²) in [6.07, 6.45) is 8.49. The molecule has 1 fully saturated rings. The Labute approximate surface area is 198 Å². The van der Waals surface area contributed by atoms with Gasteiger partial charge in [-0.15, -0.1) is 12.3 Å². The number of nitrogens with zero attached hydrogens (tertiary/aromatic N) is 2. The average molecular weight is 439 g/mol. The van der Waals surface area contributed by atoms with Gasteiger partial charge in [-0.25, -0.2) is 0 Å². The van der Waals surface area contributed by atoms with Gasteiger partial charge < -0.3 is 10.0 Å². The number of benzene rings is 3. The molecule has 1 atom stereocenters. The van der Waals surface area contributed by atoms with Gasteiger partial charge in [0.2, 0.25) is 0 Å². The third-order valence-electron chi connectivity index (χ3n) is 6.76. The van der Waals surface area contributed by atoms with Crippen LogP contribution in [0.4, 0.5) is 0 Å². The first-order chi connectivity index (χ1) is 16.2. The molecule has 170 valence electrons. The number of aliphatic hydroxyl groups is 1. The van der Waals surface area contributed by atoms with Crippen molar-refractivity contribution in [2.24, 2.45) is 0 Å². The van der Waals surface area contributed by atoms with Crippen molar-refractivity contribution in [2.45, 2.75) is 30.9 Å². The Balaban J connectivity index is 1.66. The normalized spacial score (nSPS) is 16.2. The Kier molecular flexibility index (Phi) is 7.96. The molecule has 0 radical (unpaired) electrons. The first kappa shape index (κ1) is 23.3. The summed E-state index contributed by atoms with van der Waals surface area (Å²) >= 11 is 0. The molecular weight excluding hydrogens is 404 g/mol. The fraction of sp³-hybridized carbons (Fsp3) is 0.333. The predicted molar refractivity (Wildman–Crippen MR) is 136 cm³/mol. The lowest BCUT2D eigenvalue weighted by Crippen LogP contribution is -2.53. The molecule has 0 bridgehead atoms. The van der Waals surface area contributed by atoms with Crippen LogP contribution in [-0.2, 0) is 5.60 Å². The van der Waals surface area contributed by atoms with Crippen LogP contribution in [0.2, 0.25) is 0 Å². The van der Waals surface area contributed by atoms with Crippen molar-refractivity contribution in [3.8, 4) is 12.3 Å². The summed E-state index contributed by atoms with van der Waals surface area (Å²) in [6.45, 7) is 4.92. The molecule has 0 aromatic heterocycles. The molecule has 1 N–H and O–H groups in total. The Morgan fingerprint density at radius 2 is 1.27 bits per heavy atom. The second-order valence-electron chi connectivity index (χ2n) is 8.85. The topological polar surface area (TPSA) is 26.7 Å². The SMILES string of the molecule is C#CCCCCN1CCN([C@H](c2ccccc2)C(O)(c2ccccc2)c2ccccc2)CC1. The maximum atomic E-state index is 12.6. The summed E-state index contributed by atoms with van der Waals surface area (Å²) in [6, 6.07) is 30.5. The molecule has 0 saturated carbocycles. The second kappa shape index (κ2) is 11.3. The van der Waals surface area contributed by atoms with Gasteiger partial charge in [-0.05, 0) is 36.1 Å². The van der Waals surface area contributed by atoms with E-state index in [0.29, 0.717) is 0 Å². The van der Waals surface area contributed by atoms with Gasteiger partial charge in [0.1, 0.15) is 5.60 Å². The molecule has 0 amide bonds. The highest BCUT2D eigenvalue weighted by Crippen LogP contribution is 2.44. The van der Waals surface area contributed by atoms with E-state index in [-0.39, 0.29) is 6.04 Å².